The van der Waals surface area contributed by atoms with Gasteiger partial charge in [-0.3, -0.25) is 0 Å². The number of aryl methyl sites for hydroxylation is 1. The molecule has 0 amide bonds. The molecule has 1 aromatic carbocycles. The molecule has 0 spiro atoms. The summed E-state index contributed by atoms with van der Waals surface area (Å²) in [4.78, 5) is 0. The lowest BCUT2D eigenvalue weighted by atomic mass is 9.97. The number of halogens is 1. The Morgan fingerprint density at radius 1 is 1.44 bits per heavy atom. The molecule has 4 heteroatoms. The van der Waals surface area contributed by atoms with Crippen LogP contribution in [0.1, 0.15) is 22.9 Å². The number of benzene rings is 1. The average molecular weight is 259 g/mol. The molecule has 2 atom stereocenters. The zero-order chi connectivity index (χ0) is 11.8. The normalized spacial score (nSPS) is 25.5. The van der Waals surface area contributed by atoms with Gasteiger partial charge in [-0.1, -0.05) is 29.8 Å². The summed E-state index contributed by atoms with van der Waals surface area (Å²) in [6.45, 7) is 2.01. The van der Waals surface area contributed by atoms with E-state index in [9.17, 15) is 8.42 Å². The first kappa shape index (κ1) is 11.9. The highest BCUT2D eigenvalue weighted by molar-refractivity contribution is 7.91. The van der Waals surface area contributed by atoms with Gasteiger partial charge >= 0.3 is 0 Å². The summed E-state index contributed by atoms with van der Waals surface area (Å²) >= 11 is 6.35. The predicted molar refractivity (Wildman–Crippen MR) is 66.5 cm³/mol. The van der Waals surface area contributed by atoms with Crippen LogP contribution in [-0.4, -0.2) is 19.9 Å². The SMILES string of the molecule is Cc1cccc(C(Cl)C2CCS(=O)(=O)C2)c1. The van der Waals surface area contributed by atoms with Gasteiger partial charge in [0.15, 0.2) is 9.84 Å². The van der Waals surface area contributed by atoms with E-state index in [1.165, 1.54) is 0 Å². The number of hydrogen-bond acceptors (Lipinski definition) is 2. The Morgan fingerprint density at radius 3 is 2.75 bits per heavy atom. The molecule has 0 aliphatic carbocycles. The molecule has 2 unspecified atom stereocenters. The van der Waals surface area contributed by atoms with Crippen LogP contribution in [0.5, 0.6) is 0 Å². The Balaban J connectivity index is 2.17. The summed E-state index contributed by atoms with van der Waals surface area (Å²) in [6, 6.07) is 7.97. The van der Waals surface area contributed by atoms with Crippen LogP contribution < -0.4 is 0 Å². The van der Waals surface area contributed by atoms with Crippen LogP contribution in [0.15, 0.2) is 24.3 Å². The van der Waals surface area contributed by atoms with Gasteiger partial charge in [-0.05, 0) is 24.8 Å². The summed E-state index contributed by atoms with van der Waals surface area (Å²) in [7, 11) is -2.84. The second-order valence-electron chi connectivity index (χ2n) is 4.48. The second-order valence-corrected chi connectivity index (χ2v) is 7.18. The van der Waals surface area contributed by atoms with E-state index in [1.54, 1.807) is 0 Å². The first-order valence-corrected chi connectivity index (χ1v) is 7.65. The summed E-state index contributed by atoms with van der Waals surface area (Å²) in [5.74, 6) is 0.579. The molecule has 0 N–H and O–H groups in total. The molecule has 2 nitrogen and oxygen atoms in total. The minimum Gasteiger partial charge on any atom is -0.229 e. The van der Waals surface area contributed by atoms with Gasteiger partial charge in [0.25, 0.3) is 0 Å². The first-order valence-electron chi connectivity index (χ1n) is 5.39. The van der Waals surface area contributed by atoms with Crippen LogP contribution in [-0.2, 0) is 9.84 Å². The third-order valence-corrected chi connectivity index (χ3v) is 5.44. The molecule has 1 fully saturated rings. The maximum atomic E-state index is 11.4. The Kier molecular flexibility index (Phi) is 3.27. The summed E-state index contributed by atoms with van der Waals surface area (Å²) in [5, 5.41) is -0.183. The van der Waals surface area contributed by atoms with Crippen LogP contribution in [0.4, 0.5) is 0 Å². The van der Waals surface area contributed by atoms with Crippen molar-refractivity contribution >= 4 is 21.4 Å². The van der Waals surface area contributed by atoms with Crippen LogP contribution >= 0.6 is 11.6 Å². The second kappa shape index (κ2) is 4.38. The van der Waals surface area contributed by atoms with Gasteiger partial charge in [-0.25, -0.2) is 8.42 Å². The van der Waals surface area contributed by atoms with Gasteiger partial charge in [0.2, 0.25) is 0 Å². The third kappa shape index (κ3) is 2.58. The fourth-order valence-electron chi connectivity index (χ4n) is 2.17. The van der Waals surface area contributed by atoms with Crippen LogP contribution in [0.2, 0.25) is 0 Å². The van der Waals surface area contributed by atoms with E-state index in [0.717, 1.165) is 11.1 Å². The van der Waals surface area contributed by atoms with Gasteiger partial charge in [0, 0.05) is 0 Å². The topological polar surface area (TPSA) is 34.1 Å². The number of alkyl halides is 1. The van der Waals surface area contributed by atoms with E-state index in [-0.39, 0.29) is 22.8 Å². The quantitative estimate of drug-likeness (QED) is 0.765. The number of rotatable bonds is 2. The van der Waals surface area contributed by atoms with Crippen molar-refractivity contribution in [1.82, 2.24) is 0 Å². The standard InChI is InChI=1S/C12H15ClO2S/c1-9-3-2-4-10(7-9)12(13)11-5-6-16(14,15)8-11/h2-4,7,11-12H,5-6,8H2,1H3. The first-order chi connectivity index (χ1) is 7.48. The highest BCUT2D eigenvalue weighted by Gasteiger charge is 2.33. The Bertz CT molecular complexity index is 482. The Labute approximate surface area is 102 Å². The monoisotopic (exact) mass is 258 g/mol. The molecule has 16 heavy (non-hydrogen) atoms. The van der Waals surface area contributed by atoms with Crippen molar-refractivity contribution in [3.05, 3.63) is 35.4 Å². The molecule has 2 rings (SSSR count). The zero-order valence-corrected chi connectivity index (χ0v) is 10.8. The molecule has 1 saturated heterocycles. The molecule has 0 aromatic heterocycles. The van der Waals surface area contributed by atoms with E-state index in [0.29, 0.717) is 6.42 Å². The van der Waals surface area contributed by atoms with E-state index in [2.05, 4.69) is 0 Å². The van der Waals surface area contributed by atoms with Gasteiger partial charge in [-0.15, -0.1) is 11.6 Å². The molecule has 1 aliphatic heterocycles. The van der Waals surface area contributed by atoms with E-state index in [4.69, 9.17) is 11.6 Å². The number of sulfone groups is 1. The smallest absolute Gasteiger partial charge is 0.150 e. The van der Waals surface area contributed by atoms with E-state index in [1.807, 2.05) is 31.2 Å². The van der Waals surface area contributed by atoms with Crippen LogP contribution in [0.3, 0.4) is 0 Å². The Hall–Kier alpha value is -0.540. The maximum Gasteiger partial charge on any atom is 0.150 e. The molecular formula is C12H15ClO2S. The van der Waals surface area contributed by atoms with Crippen LogP contribution in [0.25, 0.3) is 0 Å². The third-order valence-electron chi connectivity index (χ3n) is 3.04. The minimum atomic E-state index is -2.84. The van der Waals surface area contributed by atoms with Gasteiger partial charge in [-0.2, -0.15) is 0 Å². The van der Waals surface area contributed by atoms with Crippen molar-refractivity contribution in [2.45, 2.75) is 18.7 Å². The van der Waals surface area contributed by atoms with Crippen molar-refractivity contribution in [1.29, 1.82) is 0 Å². The fourth-order valence-corrected chi connectivity index (χ4v) is 4.46. The average Bonchev–Trinajstić information content (AvgIpc) is 2.58. The Morgan fingerprint density at radius 2 is 2.19 bits per heavy atom. The summed E-state index contributed by atoms with van der Waals surface area (Å²) < 4.78 is 22.8. The minimum absolute atomic E-state index is 0.0634. The molecular weight excluding hydrogens is 244 g/mol. The van der Waals surface area contributed by atoms with Gasteiger partial charge in [0.1, 0.15) is 0 Å². The molecule has 0 radical (unpaired) electrons. The lowest BCUT2D eigenvalue weighted by Gasteiger charge is -2.16. The van der Waals surface area contributed by atoms with E-state index >= 15 is 0 Å². The molecule has 1 aromatic rings. The van der Waals surface area contributed by atoms with Crippen LogP contribution in [0, 0.1) is 12.8 Å². The van der Waals surface area contributed by atoms with Crippen molar-refractivity contribution in [3.8, 4) is 0 Å². The van der Waals surface area contributed by atoms with Crippen molar-refractivity contribution in [2.75, 3.05) is 11.5 Å². The highest BCUT2D eigenvalue weighted by atomic mass is 35.5. The van der Waals surface area contributed by atoms with Crippen molar-refractivity contribution in [2.24, 2.45) is 5.92 Å². The largest absolute Gasteiger partial charge is 0.229 e. The summed E-state index contributed by atoms with van der Waals surface area (Å²) in [5.41, 5.74) is 2.19. The molecule has 1 heterocycles. The fraction of sp³-hybridized carbons (Fsp3) is 0.500. The van der Waals surface area contributed by atoms with E-state index < -0.39 is 9.84 Å². The molecule has 1 aliphatic rings. The van der Waals surface area contributed by atoms with Crippen molar-refractivity contribution in [3.63, 3.8) is 0 Å². The summed E-state index contributed by atoms with van der Waals surface area (Å²) in [6.07, 6.45) is 0.685. The molecule has 0 saturated carbocycles. The molecule has 0 bridgehead atoms. The number of hydrogen-bond donors (Lipinski definition) is 0. The van der Waals surface area contributed by atoms with Gasteiger partial charge in [0.05, 0.1) is 16.9 Å². The lowest BCUT2D eigenvalue weighted by Crippen LogP contribution is -2.10. The highest BCUT2D eigenvalue weighted by Crippen LogP contribution is 2.36. The predicted octanol–water partition coefficient (Wildman–Crippen LogP) is 2.71. The molecule has 88 valence electrons. The zero-order valence-electron chi connectivity index (χ0n) is 9.19. The van der Waals surface area contributed by atoms with Crippen molar-refractivity contribution < 1.29 is 8.42 Å². The lowest BCUT2D eigenvalue weighted by molar-refractivity contribution is 0.568. The maximum absolute atomic E-state index is 11.4. The van der Waals surface area contributed by atoms with Gasteiger partial charge < -0.3 is 0 Å².